The third-order valence-corrected chi connectivity index (χ3v) is 6.78. The van der Waals surface area contributed by atoms with Gasteiger partial charge in [-0.3, -0.25) is 0 Å². The molecule has 4 rings (SSSR count). The van der Waals surface area contributed by atoms with Crippen LogP contribution < -0.4 is 9.47 Å². The molecule has 0 amide bonds. The van der Waals surface area contributed by atoms with Gasteiger partial charge in [0.1, 0.15) is 12.2 Å². The number of aromatic hydroxyl groups is 7. The van der Waals surface area contributed by atoms with Gasteiger partial charge in [0, 0.05) is 12.8 Å². The SMILES string of the molecule is O=C(Oc1c(O)cc(C(=O)Oc2c(O)cc(C(=O)OC3CC(O)(C(=O)O)CC(O)C3O)cc2O)cc1O)c1cc(O)c(O)c(O)c1. The van der Waals surface area contributed by atoms with Crippen molar-refractivity contribution in [3.63, 3.8) is 0 Å². The van der Waals surface area contributed by atoms with Crippen LogP contribution in [-0.2, 0) is 9.53 Å². The standard InChI is InChI=1S/C28H24O18/c29-12-1-9(2-13(30)20(12)36)25(39)45-23-16(33)5-11(6-17(23)34)26(40)46-22-14(31)3-10(4-15(22)32)24(38)44-19-8-28(43,27(41)42)7-18(35)21(19)37/h1-6,18-19,21,29-37,43H,7-8H2,(H,41,42). The van der Waals surface area contributed by atoms with Crippen molar-refractivity contribution in [2.75, 3.05) is 0 Å². The average Bonchev–Trinajstić information content (AvgIpc) is 2.97. The minimum Gasteiger partial charge on any atom is -0.504 e. The Morgan fingerprint density at radius 2 is 0.978 bits per heavy atom. The van der Waals surface area contributed by atoms with Crippen LogP contribution in [0.3, 0.4) is 0 Å². The summed E-state index contributed by atoms with van der Waals surface area (Å²) in [6.07, 6.45) is -6.84. The summed E-state index contributed by atoms with van der Waals surface area (Å²) in [5.41, 5.74) is -4.26. The Kier molecular flexibility index (Phi) is 8.73. The first-order valence-electron chi connectivity index (χ1n) is 12.8. The van der Waals surface area contributed by atoms with Crippen molar-refractivity contribution in [3.8, 4) is 51.7 Å². The number of aliphatic hydroxyl groups is 3. The number of carbonyl (C=O) groups is 4. The molecule has 244 valence electrons. The first kappa shape index (κ1) is 32.9. The predicted octanol–water partition coefficient (Wildman–Crippen LogP) is -0.0791. The maximum atomic E-state index is 12.7. The van der Waals surface area contributed by atoms with Crippen LogP contribution in [-0.4, -0.2) is 104 Å². The Morgan fingerprint density at radius 1 is 0.609 bits per heavy atom. The summed E-state index contributed by atoms with van der Waals surface area (Å²) in [5.74, 6) is -14.4. The number of aliphatic carboxylic acids is 1. The summed E-state index contributed by atoms with van der Waals surface area (Å²) in [4.78, 5) is 49.0. The molecule has 3 aromatic rings. The van der Waals surface area contributed by atoms with E-state index in [1.807, 2.05) is 0 Å². The van der Waals surface area contributed by atoms with E-state index in [1.54, 1.807) is 0 Å². The predicted molar refractivity (Wildman–Crippen MR) is 144 cm³/mol. The quantitative estimate of drug-likeness (QED) is 0.0906. The van der Waals surface area contributed by atoms with Crippen molar-refractivity contribution >= 4 is 23.9 Å². The number of aliphatic hydroxyl groups excluding tert-OH is 2. The molecule has 4 unspecified atom stereocenters. The van der Waals surface area contributed by atoms with E-state index in [-0.39, 0.29) is 0 Å². The van der Waals surface area contributed by atoms with Crippen molar-refractivity contribution in [1.82, 2.24) is 0 Å². The molecule has 0 heterocycles. The Bertz CT molecular complexity index is 1680. The average molecular weight is 648 g/mol. The molecule has 0 aromatic heterocycles. The highest BCUT2D eigenvalue weighted by Crippen LogP contribution is 2.42. The lowest BCUT2D eigenvalue weighted by Crippen LogP contribution is -2.57. The van der Waals surface area contributed by atoms with Gasteiger partial charge in [0.15, 0.2) is 45.8 Å². The lowest BCUT2D eigenvalue weighted by molar-refractivity contribution is -0.187. The first-order valence-corrected chi connectivity index (χ1v) is 12.8. The fourth-order valence-corrected chi connectivity index (χ4v) is 4.41. The maximum absolute atomic E-state index is 12.7. The van der Waals surface area contributed by atoms with E-state index in [0.717, 1.165) is 0 Å². The molecule has 18 nitrogen and oxygen atoms in total. The topological polar surface area (TPSA) is 318 Å². The van der Waals surface area contributed by atoms with Gasteiger partial charge in [-0.15, -0.1) is 0 Å². The number of carboxylic acids is 1. The largest absolute Gasteiger partial charge is 0.504 e. The maximum Gasteiger partial charge on any atom is 0.344 e. The summed E-state index contributed by atoms with van der Waals surface area (Å²) in [6, 6.07) is 4.02. The second-order valence-corrected chi connectivity index (χ2v) is 10.1. The summed E-state index contributed by atoms with van der Waals surface area (Å²) >= 11 is 0. The van der Waals surface area contributed by atoms with Crippen molar-refractivity contribution in [2.24, 2.45) is 0 Å². The van der Waals surface area contributed by atoms with Crippen molar-refractivity contribution in [1.29, 1.82) is 0 Å². The van der Waals surface area contributed by atoms with Crippen LogP contribution in [0.25, 0.3) is 0 Å². The van der Waals surface area contributed by atoms with Gasteiger partial charge >= 0.3 is 23.9 Å². The molecule has 0 spiro atoms. The first-order chi connectivity index (χ1) is 21.4. The molecule has 1 fully saturated rings. The lowest BCUT2D eigenvalue weighted by atomic mass is 9.79. The van der Waals surface area contributed by atoms with Crippen LogP contribution in [0.5, 0.6) is 51.7 Å². The monoisotopic (exact) mass is 648 g/mol. The molecule has 46 heavy (non-hydrogen) atoms. The molecule has 1 aliphatic carbocycles. The van der Waals surface area contributed by atoms with Crippen LogP contribution in [0.1, 0.15) is 43.9 Å². The third kappa shape index (κ3) is 6.43. The third-order valence-electron chi connectivity index (χ3n) is 6.78. The Labute approximate surface area is 255 Å². The number of hydrogen-bond donors (Lipinski definition) is 11. The molecule has 0 aliphatic heterocycles. The van der Waals surface area contributed by atoms with Crippen LogP contribution in [0.4, 0.5) is 0 Å². The highest BCUT2D eigenvalue weighted by Gasteiger charge is 2.50. The smallest absolute Gasteiger partial charge is 0.344 e. The number of esters is 3. The number of phenolic OH excluding ortho intramolecular Hbond substituents is 7. The van der Waals surface area contributed by atoms with Crippen LogP contribution >= 0.6 is 0 Å². The van der Waals surface area contributed by atoms with Gasteiger partial charge in [-0.25, -0.2) is 19.2 Å². The Hall–Kier alpha value is -5.98. The molecule has 0 bridgehead atoms. The zero-order valence-corrected chi connectivity index (χ0v) is 22.9. The van der Waals surface area contributed by atoms with E-state index in [2.05, 4.69) is 0 Å². The fraction of sp³-hybridized carbons (Fsp3) is 0.214. The molecule has 3 aromatic carbocycles. The highest BCUT2D eigenvalue weighted by molar-refractivity contribution is 5.96. The summed E-state index contributed by atoms with van der Waals surface area (Å²) in [5, 5.41) is 109. The molecule has 0 saturated heterocycles. The number of phenols is 7. The van der Waals surface area contributed by atoms with Crippen LogP contribution in [0, 0.1) is 0 Å². The number of rotatable bonds is 7. The van der Waals surface area contributed by atoms with Gasteiger partial charge in [0.05, 0.1) is 22.8 Å². The molecule has 18 heteroatoms. The molecule has 11 N–H and O–H groups in total. The number of carboxylic acid groups (broad SMARTS) is 1. The normalized spacial score (nSPS) is 20.8. The number of benzene rings is 3. The zero-order chi connectivity index (χ0) is 34.2. The fourth-order valence-electron chi connectivity index (χ4n) is 4.41. The highest BCUT2D eigenvalue weighted by atomic mass is 16.6. The van der Waals surface area contributed by atoms with E-state index in [0.29, 0.717) is 36.4 Å². The second kappa shape index (κ2) is 12.2. The van der Waals surface area contributed by atoms with E-state index in [9.17, 15) is 75.3 Å². The van der Waals surface area contributed by atoms with Crippen molar-refractivity contribution in [3.05, 3.63) is 53.1 Å². The molecular formula is C28H24O18. The van der Waals surface area contributed by atoms with Crippen molar-refractivity contribution in [2.45, 2.75) is 36.8 Å². The summed E-state index contributed by atoms with van der Waals surface area (Å²) in [7, 11) is 0. The van der Waals surface area contributed by atoms with E-state index < -0.39 is 129 Å². The van der Waals surface area contributed by atoms with E-state index in [1.165, 1.54) is 0 Å². The van der Waals surface area contributed by atoms with Gasteiger partial charge < -0.3 is 70.4 Å². The van der Waals surface area contributed by atoms with E-state index in [4.69, 9.17) is 14.2 Å². The van der Waals surface area contributed by atoms with Gasteiger partial charge in [-0.1, -0.05) is 0 Å². The van der Waals surface area contributed by atoms with Gasteiger partial charge in [-0.05, 0) is 36.4 Å². The Morgan fingerprint density at radius 3 is 1.37 bits per heavy atom. The number of ether oxygens (including phenoxy) is 3. The molecule has 0 radical (unpaired) electrons. The van der Waals surface area contributed by atoms with Gasteiger partial charge in [-0.2, -0.15) is 0 Å². The molecule has 4 atom stereocenters. The molecule has 1 saturated carbocycles. The number of carbonyl (C=O) groups excluding carboxylic acids is 3. The zero-order valence-electron chi connectivity index (χ0n) is 22.9. The minimum atomic E-state index is -2.53. The van der Waals surface area contributed by atoms with Crippen LogP contribution in [0.2, 0.25) is 0 Å². The molecule has 1 aliphatic rings. The number of hydrogen-bond acceptors (Lipinski definition) is 17. The van der Waals surface area contributed by atoms with Crippen LogP contribution in [0.15, 0.2) is 36.4 Å². The van der Waals surface area contributed by atoms with Crippen molar-refractivity contribution < 1.29 is 89.6 Å². The minimum absolute atomic E-state index is 0.511. The summed E-state index contributed by atoms with van der Waals surface area (Å²) < 4.78 is 14.7. The Balaban J connectivity index is 1.49. The molecular weight excluding hydrogens is 624 g/mol. The lowest BCUT2D eigenvalue weighted by Gasteiger charge is -2.39. The van der Waals surface area contributed by atoms with Gasteiger partial charge in [0.25, 0.3) is 0 Å². The summed E-state index contributed by atoms with van der Waals surface area (Å²) in [6.45, 7) is 0. The second-order valence-electron chi connectivity index (χ2n) is 10.1. The van der Waals surface area contributed by atoms with E-state index >= 15 is 0 Å². The van der Waals surface area contributed by atoms with Gasteiger partial charge in [0.2, 0.25) is 11.5 Å².